The van der Waals surface area contributed by atoms with Gasteiger partial charge in [0.2, 0.25) is 5.91 Å². The lowest BCUT2D eigenvalue weighted by Gasteiger charge is -2.32. The number of rotatable bonds is 7. The molecule has 8 heteroatoms. The van der Waals surface area contributed by atoms with Crippen molar-refractivity contribution in [2.24, 2.45) is 7.05 Å². The van der Waals surface area contributed by atoms with Crippen molar-refractivity contribution in [3.05, 3.63) is 76.8 Å². The number of pyridine rings is 1. The SMILES string of the molecule is Cn1nc([C@@H]2CN(C(=O)Cc3ccccn3)CCO2)cc1CCOc1cccc(Cl)c1. The predicted molar refractivity (Wildman–Crippen MR) is 117 cm³/mol. The largest absolute Gasteiger partial charge is 0.493 e. The maximum absolute atomic E-state index is 12.7. The van der Waals surface area contributed by atoms with Gasteiger partial charge in [-0.05, 0) is 36.4 Å². The number of aromatic nitrogens is 3. The summed E-state index contributed by atoms with van der Waals surface area (Å²) >= 11 is 6.00. The van der Waals surface area contributed by atoms with E-state index in [-0.39, 0.29) is 12.0 Å². The number of carbonyl (C=O) groups is 1. The van der Waals surface area contributed by atoms with Gasteiger partial charge in [0.15, 0.2) is 0 Å². The fourth-order valence-electron chi connectivity index (χ4n) is 3.58. The smallest absolute Gasteiger partial charge is 0.228 e. The predicted octanol–water partition coefficient (Wildman–Crippen LogP) is 3.23. The monoisotopic (exact) mass is 440 g/mol. The number of morpholine rings is 1. The van der Waals surface area contributed by atoms with Crippen molar-refractivity contribution in [1.29, 1.82) is 0 Å². The first-order valence-electron chi connectivity index (χ1n) is 10.3. The minimum atomic E-state index is -0.241. The Morgan fingerprint density at radius 2 is 2.16 bits per heavy atom. The lowest BCUT2D eigenvalue weighted by Crippen LogP contribution is -2.43. The standard InChI is InChI=1S/C23H25ClN4O3/c1-27-19(8-11-30-20-7-4-5-17(24)13-20)15-21(26-27)22-16-28(10-12-31-22)23(29)14-18-6-2-3-9-25-18/h2-7,9,13,15,22H,8,10-12,14,16H2,1H3/t22-/m0/s1. The number of ether oxygens (including phenoxy) is 2. The quantitative estimate of drug-likeness (QED) is 0.564. The zero-order chi connectivity index (χ0) is 21.6. The summed E-state index contributed by atoms with van der Waals surface area (Å²) in [5.41, 5.74) is 2.64. The summed E-state index contributed by atoms with van der Waals surface area (Å²) < 4.78 is 13.6. The molecule has 1 atom stereocenters. The summed E-state index contributed by atoms with van der Waals surface area (Å²) in [5, 5.41) is 5.27. The van der Waals surface area contributed by atoms with Crippen molar-refractivity contribution in [3.8, 4) is 5.75 Å². The molecule has 31 heavy (non-hydrogen) atoms. The molecule has 4 rings (SSSR count). The van der Waals surface area contributed by atoms with Crippen molar-refractivity contribution >= 4 is 17.5 Å². The molecule has 0 spiro atoms. The molecule has 0 saturated carbocycles. The van der Waals surface area contributed by atoms with E-state index < -0.39 is 0 Å². The van der Waals surface area contributed by atoms with Crippen LogP contribution in [0.4, 0.5) is 0 Å². The molecule has 3 heterocycles. The third-order valence-electron chi connectivity index (χ3n) is 5.23. The minimum absolute atomic E-state index is 0.0538. The molecule has 1 aliphatic heterocycles. The number of benzene rings is 1. The van der Waals surface area contributed by atoms with Gasteiger partial charge in [0.25, 0.3) is 0 Å². The Kier molecular flexibility index (Phi) is 6.84. The Hall–Kier alpha value is -2.90. The summed E-state index contributed by atoms with van der Waals surface area (Å²) in [6, 6.07) is 15.0. The van der Waals surface area contributed by atoms with Crippen molar-refractivity contribution in [2.45, 2.75) is 18.9 Å². The van der Waals surface area contributed by atoms with Crippen molar-refractivity contribution in [1.82, 2.24) is 19.7 Å². The van der Waals surface area contributed by atoms with Gasteiger partial charge in [-0.1, -0.05) is 23.7 Å². The molecule has 3 aromatic rings. The Morgan fingerprint density at radius 3 is 2.97 bits per heavy atom. The van der Waals surface area contributed by atoms with Crippen LogP contribution in [0.25, 0.3) is 0 Å². The maximum Gasteiger partial charge on any atom is 0.228 e. The van der Waals surface area contributed by atoms with Gasteiger partial charge >= 0.3 is 0 Å². The fraction of sp³-hybridized carbons (Fsp3) is 0.348. The third kappa shape index (κ3) is 5.62. The van der Waals surface area contributed by atoms with E-state index in [0.717, 1.165) is 22.8 Å². The molecule has 1 aromatic carbocycles. The molecule has 1 amide bonds. The van der Waals surface area contributed by atoms with Gasteiger partial charge in [-0.2, -0.15) is 5.10 Å². The van der Waals surface area contributed by atoms with Crippen LogP contribution in [0.5, 0.6) is 5.75 Å². The Labute approximate surface area is 186 Å². The van der Waals surface area contributed by atoms with E-state index in [0.29, 0.717) is 44.2 Å². The van der Waals surface area contributed by atoms with Gasteiger partial charge < -0.3 is 14.4 Å². The van der Waals surface area contributed by atoms with E-state index >= 15 is 0 Å². The van der Waals surface area contributed by atoms with Crippen LogP contribution in [0.15, 0.2) is 54.7 Å². The fourth-order valence-corrected chi connectivity index (χ4v) is 3.76. The molecule has 0 aliphatic carbocycles. The van der Waals surface area contributed by atoms with Gasteiger partial charge in [0, 0.05) is 42.6 Å². The first-order chi connectivity index (χ1) is 15.1. The van der Waals surface area contributed by atoms with E-state index in [4.69, 9.17) is 21.1 Å². The molecule has 0 unspecified atom stereocenters. The highest BCUT2D eigenvalue weighted by Crippen LogP contribution is 2.23. The molecule has 0 radical (unpaired) electrons. The van der Waals surface area contributed by atoms with Crippen molar-refractivity contribution in [2.75, 3.05) is 26.3 Å². The summed E-state index contributed by atoms with van der Waals surface area (Å²) in [5.74, 6) is 0.797. The van der Waals surface area contributed by atoms with E-state index in [9.17, 15) is 4.79 Å². The Balaban J connectivity index is 1.34. The number of carbonyl (C=O) groups excluding carboxylic acids is 1. The number of halogens is 1. The van der Waals surface area contributed by atoms with Crippen LogP contribution in [-0.2, 0) is 29.4 Å². The second-order valence-corrected chi connectivity index (χ2v) is 7.87. The molecule has 2 aromatic heterocycles. The second kappa shape index (κ2) is 9.94. The average Bonchev–Trinajstić information content (AvgIpc) is 3.15. The minimum Gasteiger partial charge on any atom is -0.493 e. The van der Waals surface area contributed by atoms with Crippen LogP contribution in [0.2, 0.25) is 5.02 Å². The number of nitrogens with zero attached hydrogens (tertiary/aromatic N) is 4. The van der Waals surface area contributed by atoms with Crippen LogP contribution >= 0.6 is 11.6 Å². The average molecular weight is 441 g/mol. The third-order valence-corrected chi connectivity index (χ3v) is 5.46. The van der Waals surface area contributed by atoms with E-state index in [2.05, 4.69) is 10.1 Å². The molecular weight excluding hydrogens is 416 g/mol. The summed E-state index contributed by atoms with van der Waals surface area (Å²) in [4.78, 5) is 18.8. The molecule has 1 saturated heterocycles. The number of hydrogen-bond donors (Lipinski definition) is 0. The van der Waals surface area contributed by atoms with Crippen LogP contribution < -0.4 is 4.74 Å². The van der Waals surface area contributed by atoms with Gasteiger partial charge in [-0.15, -0.1) is 0 Å². The Bertz CT molecular complexity index is 1020. The highest BCUT2D eigenvalue weighted by Gasteiger charge is 2.27. The number of amides is 1. The van der Waals surface area contributed by atoms with Gasteiger partial charge in [0.1, 0.15) is 11.9 Å². The maximum atomic E-state index is 12.7. The molecule has 162 valence electrons. The van der Waals surface area contributed by atoms with Crippen LogP contribution in [0.1, 0.15) is 23.2 Å². The summed E-state index contributed by atoms with van der Waals surface area (Å²) in [6.07, 6.45) is 2.46. The van der Waals surface area contributed by atoms with Crippen LogP contribution in [0.3, 0.4) is 0 Å². The zero-order valence-corrected chi connectivity index (χ0v) is 18.2. The van der Waals surface area contributed by atoms with E-state index in [1.54, 1.807) is 12.3 Å². The normalized spacial score (nSPS) is 16.3. The second-order valence-electron chi connectivity index (χ2n) is 7.44. The van der Waals surface area contributed by atoms with E-state index in [1.165, 1.54) is 0 Å². The first-order valence-corrected chi connectivity index (χ1v) is 10.7. The summed E-state index contributed by atoms with van der Waals surface area (Å²) in [7, 11) is 1.91. The molecule has 7 nitrogen and oxygen atoms in total. The van der Waals surface area contributed by atoms with Crippen molar-refractivity contribution in [3.63, 3.8) is 0 Å². The van der Waals surface area contributed by atoms with Gasteiger partial charge in [-0.25, -0.2) is 0 Å². The zero-order valence-electron chi connectivity index (χ0n) is 17.4. The lowest BCUT2D eigenvalue weighted by molar-refractivity contribution is -0.138. The molecular formula is C23H25ClN4O3. The van der Waals surface area contributed by atoms with Crippen LogP contribution in [0, 0.1) is 0 Å². The summed E-state index contributed by atoms with van der Waals surface area (Å²) in [6.45, 7) is 2.07. The number of hydrogen-bond acceptors (Lipinski definition) is 5. The van der Waals surface area contributed by atoms with Gasteiger partial charge in [-0.3, -0.25) is 14.5 Å². The first kappa shape index (κ1) is 21.3. The molecule has 1 aliphatic rings. The highest BCUT2D eigenvalue weighted by atomic mass is 35.5. The molecule has 1 fully saturated rings. The molecule has 0 bridgehead atoms. The van der Waals surface area contributed by atoms with Crippen LogP contribution in [-0.4, -0.2) is 51.9 Å². The Morgan fingerprint density at radius 1 is 1.26 bits per heavy atom. The molecule has 0 N–H and O–H groups in total. The highest BCUT2D eigenvalue weighted by molar-refractivity contribution is 6.30. The lowest BCUT2D eigenvalue weighted by atomic mass is 10.1. The van der Waals surface area contributed by atoms with Gasteiger partial charge in [0.05, 0.1) is 31.9 Å². The van der Waals surface area contributed by atoms with Crippen molar-refractivity contribution < 1.29 is 14.3 Å². The van der Waals surface area contributed by atoms with E-state index in [1.807, 2.05) is 59.1 Å². The number of aryl methyl sites for hydroxylation is 1. The topological polar surface area (TPSA) is 69.5 Å².